The summed E-state index contributed by atoms with van der Waals surface area (Å²) in [6.07, 6.45) is 5.28. The molecule has 2 aliphatic heterocycles. The highest BCUT2D eigenvalue weighted by Gasteiger charge is 2.19. The Kier molecular flexibility index (Phi) is 12.5. The van der Waals surface area contributed by atoms with Crippen LogP contribution in [0.3, 0.4) is 0 Å². The third-order valence-electron chi connectivity index (χ3n) is 8.31. The molecule has 0 saturated carbocycles. The standard InChI is InChI=1S/C26H31BN6O2.C8H9NO.C2H6/c1-4-20-21(6-5-7-22(20)27(2)17-34)19-14-23(25(28)32(3)16-19)31-24-9-8-18(15-30-24)26(35)33-12-10-29-11-13-33;10-8-2-1-6-4-9-5-7(6)3-8;1-2/h5-9,14-17,28-29H,4,10-13H2,1-3H3,(H,30,31);1-3,9-10H,4-5H2;1-2H3. The molecule has 6 rings (SSSR count). The van der Waals surface area contributed by atoms with Crippen molar-refractivity contribution in [2.45, 2.75) is 47.1 Å². The van der Waals surface area contributed by atoms with Crippen molar-refractivity contribution in [1.29, 1.82) is 5.41 Å². The van der Waals surface area contributed by atoms with Crippen molar-refractivity contribution in [3.8, 4) is 16.9 Å². The zero-order valence-electron chi connectivity index (χ0n) is 28.1. The summed E-state index contributed by atoms with van der Waals surface area (Å²) in [7, 11) is 1.84. The number of nitrogens with one attached hydrogen (secondary N) is 4. The number of piperazine rings is 1. The van der Waals surface area contributed by atoms with E-state index in [4.69, 9.17) is 10.5 Å². The van der Waals surface area contributed by atoms with Crippen LogP contribution in [0.25, 0.3) is 11.1 Å². The van der Waals surface area contributed by atoms with Crippen molar-refractivity contribution in [3.05, 3.63) is 94.7 Å². The topological polar surface area (TPSA) is 135 Å². The summed E-state index contributed by atoms with van der Waals surface area (Å²) >= 11 is 0. The van der Waals surface area contributed by atoms with Crippen LogP contribution in [0.2, 0.25) is 6.82 Å². The number of pyridine rings is 2. The second kappa shape index (κ2) is 16.7. The van der Waals surface area contributed by atoms with Crippen LogP contribution in [0.5, 0.6) is 5.75 Å². The van der Waals surface area contributed by atoms with Crippen molar-refractivity contribution in [3.63, 3.8) is 0 Å². The molecule has 2 aromatic carbocycles. The lowest BCUT2D eigenvalue weighted by Crippen LogP contribution is -2.46. The molecule has 2 aromatic heterocycles. The quantitative estimate of drug-likeness (QED) is 0.153. The first-order chi connectivity index (χ1) is 22.8. The minimum absolute atomic E-state index is 0.0170. The van der Waals surface area contributed by atoms with Gasteiger partial charge in [0, 0.05) is 64.3 Å². The zero-order valence-corrected chi connectivity index (χ0v) is 28.1. The Morgan fingerprint density at radius 2 is 1.81 bits per heavy atom. The first kappa shape index (κ1) is 35.1. The number of anilines is 2. The Morgan fingerprint density at radius 3 is 2.49 bits per heavy atom. The van der Waals surface area contributed by atoms with Crippen LogP contribution in [0.1, 0.15) is 47.8 Å². The molecule has 5 N–H and O–H groups in total. The summed E-state index contributed by atoms with van der Waals surface area (Å²) in [5, 5.41) is 27.3. The molecular weight excluding hydrogens is 589 g/mol. The van der Waals surface area contributed by atoms with E-state index in [-0.39, 0.29) is 12.6 Å². The molecule has 1 amide bonds. The van der Waals surface area contributed by atoms with E-state index in [1.807, 2.05) is 69.1 Å². The number of rotatable bonds is 7. The van der Waals surface area contributed by atoms with Gasteiger partial charge < -0.3 is 35.3 Å². The first-order valence-corrected chi connectivity index (χ1v) is 16.4. The highest BCUT2D eigenvalue weighted by atomic mass is 16.3. The second-order valence-corrected chi connectivity index (χ2v) is 11.4. The van der Waals surface area contributed by atoms with Crippen LogP contribution in [-0.4, -0.2) is 64.5 Å². The van der Waals surface area contributed by atoms with Gasteiger partial charge in [0.15, 0.2) is 0 Å². The summed E-state index contributed by atoms with van der Waals surface area (Å²) in [5.41, 5.74) is 8.15. The van der Waals surface area contributed by atoms with E-state index in [9.17, 15) is 9.59 Å². The van der Waals surface area contributed by atoms with Crippen LogP contribution in [0.4, 0.5) is 11.5 Å². The van der Waals surface area contributed by atoms with E-state index >= 15 is 0 Å². The van der Waals surface area contributed by atoms with Crippen LogP contribution in [0.15, 0.2) is 67.0 Å². The Hall–Kier alpha value is -4.74. The fourth-order valence-electron chi connectivity index (χ4n) is 5.80. The number of carbonyl (C=O) groups excluding carboxylic acids is 2. The molecule has 0 atom stereocenters. The minimum atomic E-state index is -0.182. The maximum Gasteiger partial charge on any atom is 0.255 e. The van der Waals surface area contributed by atoms with Gasteiger partial charge in [0.25, 0.3) is 5.91 Å². The molecule has 0 aliphatic carbocycles. The van der Waals surface area contributed by atoms with E-state index in [0.29, 0.717) is 41.4 Å². The number of phenolic OH excluding ortho intramolecular Hbond substituents is 1. The second-order valence-electron chi connectivity index (χ2n) is 11.4. The summed E-state index contributed by atoms with van der Waals surface area (Å²) < 4.78 is 1.76. The van der Waals surface area contributed by atoms with Gasteiger partial charge in [-0.1, -0.05) is 57.3 Å². The summed E-state index contributed by atoms with van der Waals surface area (Å²) in [5.74, 6) is 0.908. The van der Waals surface area contributed by atoms with Crippen molar-refractivity contribution in [2.75, 3.05) is 31.5 Å². The number of benzene rings is 2. The fraction of sp³-hybridized carbons (Fsp3) is 0.333. The molecule has 1 saturated heterocycles. The summed E-state index contributed by atoms with van der Waals surface area (Å²) in [6.45, 7) is 12.6. The number of nitrogens with zero attached hydrogens (tertiary/aromatic N) is 3. The van der Waals surface area contributed by atoms with E-state index in [2.05, 4.69) is 33.9 Å². The maximum atomic E-state index is 12.7. The highest BCUT2D eigenvalue weighted by Crippen LogP contribution is 2.26. The average Bonchev–Trinajstić information content (AvgIpc) is 3.59. The van der Waals surface area contributed by atoms with Crippen LogP contribution in [0, 0.1) is 5.41 Å². The number of aromatic nitrogens is 2. The molecule has 47 heavy (non-hydrogen) atoms. The Morgan fingerprint density at radius 1 is 1.06 bits per heavy atom. The SMILES string of the molecule is CC.CCc1c(B(C)C=O)cccc1-c1cc(Nc2ccc(C(=O)N3CCNCC3)cn2)c(=N)n(C)c1.Oc1ccc2c(c1)CNC2. The van der Waals surface area contributed by atoms with Gasteiger partial charge in [-0.25, -0.2) is 4.98 Å². The van der Waals surface area contributed by atoms with Crippen molar-refractivity contribution >= 4 is 35.8 Å². The number of amides is 1. The normalized spacial score (nSPS) is 13.3. The Balaban J connectivity index is 0.000000349. The molecule has 4 aromatic rings. The lowest BCUT2D eigenvalue weighted by Gasteiger charge is -2.27. The number of fused-ring (bicyclic) bond motifs is 1. The van der Waals surface area contributed by atoms with Crippen LogP contribution in [-0.2, 0) is 31.4 Å². The van der Waals surface area contributed by atoms with E-state index in [0.717, 1.165) is 60.9 Å². The highest BCUT2D eigenvalue weighted by molar-refractivity contribution is 6.94. The number of phenols is 1. The van der Waals surface area contributed by atoms with Gasteiger partial charge in [-0.15, -0.1) is 0 Å². The monoisotopic (exact) mass is 635 g/mol. The maximum absolute atomic E-state index is 12.7. The predicted octanol–water partition coefficient (Wildman–Crippen LogP) is 4.04. The predicted molar refractivity (Wildman–Crippen MR) is 190 cm³/mol. The summed E-state index contributed by atoms with van der Waals surface area (Å²) in [4.78, 5) is 30.4. The zero-order chi connectivity index (χ0) is 33.9. The largest absolute Gasteiger partial charge is 0.508 e. The Bertz CT molecular complexity index is 1730. The van der Waals surface area contributed by atoms with E-state index in [1.54, 1.807) is 29.0 Å². The third-order valence-corrected chi connectivity index (χ3v) is 8.31. The van der Waals surface area contributed by atoms with Gasteiger partial charge in [-0.2, -0.15) is 0 Å². The number of hydrogen-bond donors (Lipinski definition) is 5. The average molecular weight is 636 g/mol. The molecule has 0 radical (unpaired) electrons. The number of carbonyl (C=O) groups is 2. The van der Waals surface area contributed by atoms with Crippen LogP contribution >= 0.6 is 0 Å². The van der Waals surface area contributed by atoms with Gasteiger partial charge in [0.1, 0.15) is 17.1 Å². The number of aryl methyl sites for hydroxylation is 1. The molecule has 2 aliphatic rings. The van der Waals surface area contributed by atoms with Gasteiger partial charge in [0.2, 0.25) is 6.71 Å². The van der Waals surface area contributed by atoms with Crippen molar-refractivity contribution in [2.24, 2.45) is 7.05 Å². The molecule has 4 heterocycles. The molecule has 11 heteroatoms. The minimum Gasteiger partial charge on any atom is -0.508 e. The van der Waals surface area contributed by atoms with Gasteiger partial charge in [0.05, 0.1) is 17.4 Å². The smallest absolute Gasteiger partial charge is 0.255 e. The Labute approximate surface area is 277 Å². The van der Waals surface area contributed by atoms with Gasteiger partial charge in [-0.3, -0.25) is 10.2 Å². The van der Waals surface area contributed by atoms with Gasteiger partial charge >= 0.3 is 0 Å². The third kappa shape index (κ3) is 8.55. The van der Waals surface area contributed by atoms with Crippen molar-refractivity contribution < 1.29 is 14.7 Å². The molecule has 0 spiro atoms. The first-order valence-electron chi connectivity index (χ1n) is 16.4. The van der Waals surface area contributed by atoms with Gasteiger partial charge in [-0.05, 0) is 59.0 Å². The molecule has 246 valence electrons. The summed E-state index contributed by atoms with van der Waals surface area (Å²) in [6, 6.07) is 17.0. The molecule has 0 bridgehead atoms. The van der Waals surface area contributed by atoms with E-state index in [1.165, 1.54) is 11.1 Å². The van der Waals surface area contributed by atoms with E-state index < -0.39 is 0 Å². The van der Waals surface area contributed by atoms with Crippen molar-refractivity contribution in [1.82, 2.24) is 25.1 Å². The molecular formula is C36H46BN7O3. The number of hydrogen-bond acceptors (Lipinski definition) is 8. The lowest BCUT2D eigenvalue weighted by molar-refractivity contribution is 0.0735. The van der Waals surface area contributed by atoms with Crippen LogP contribution < -0.4 is 26.9 Å². The number of aromatic hydroxyl groups is 1. The molecule has 0 unspecified atom stereocenters. The fourth-order valence-corrected chi connectivity index (χ4v) is 5.80. The lowest BCUT2D eigenvalue weighted by atomic mass is 9.47. The molecule has 1 fully saturated rings. The molecule has 10 nitrogen and oxygen atoms in total.